The van der Waals surface area contributed by atoms with E-state index in [1.807, 2.05) is 24.3 Å². The monoisotopic (exact) mass is 361 g/mol. The first-order chi connectivity index (χ1) is 10.6. The molecule has 3 rings (SSSR count). The van der Waals surface area contributed by atoms with E-state index >= 15 is 0 Å². The number of H-pyrrole nitrogens is 1. The zero-order valence-electron chi connectivity index (χ0n) is 12.0. The highest BCUT2D eigenvalue weighted by atomic mass is 79.9. The van der Waals surface area contributed by atoms with Gasteiger partial charge in [0.25, 0.3) is 11.8 Å². The summed E-state index contributed by atoms with van der Waals surface area (Å²) in [6.45, 7) is 2.21. The van der Waals surface area contributed by atoms with Crippen LogP contribution in [0.5, 0.6) is 0 Å². The second-order valence-electron chi connectivity index (χ2n) is 5.18. The summed E-state index contributed by atoms with van der Waals surface area (Å²) in [5.41, 5.74) is 1.25. The van der Waals surface area contributed by atoms with Crippen molar-refractivity contribution in [1.29, 1.82) is 0 Å². The largest absolute Gasteiger partial charge is 0.357 e. The fraction of sp³-hybridized carbons (Fsp3) is 0.250. The fourth-order valence-electron chi connectivity index (χ4n) is 2.55. The molecule has 1 aromatic heterocycles. The van der Waals surface area contributed by atoms with Crippen LogP contribution >= 0.6 is 15.9 Å². The molecule has 0 unspecified atom stereocenters. The number of benzene rings is 1. The van der Waals surface area contributed by atoms with Crippen LogP contribution in [0.2, 0.25) is 0 Å². The Balaban J connectivity index is 1.62. The lowest BCUT2D eigenvalue weighted by Crippen LogP contribution is -2.50. The topological polar surface area (TPSA) is 56.4 Å². The van der Waals surface area contributed by atoms with Crippen LogP contribution in [0.15, 0.2) is 47.1 Å². The molecule has 2 aromatic rings. The van der Waals surface area contributed by atoms with Crippen molar-refractivity contribution in [3.8, 4) is 0 Å². The van der Waals surface area contributed by atoms with Crippen molar-refractivity contribution in [2.45, 2.75) is 0 Å². The van der Waals surface area contributed by atoms with Crippen molar-refractivity contribution < 1.29 is 9.59 Å². The zero-order valence-corrected chi connectivity index (χ0v) is 13.5. The maximum absolute atomic E-state index is 12.5. The lowest BCUT2D eigenvalue weighted by Gasteiger charge is -2.34. The zero-order chi connectivity index (χ0) is 15.5. The van der Waals surface area contributed by atoms with Crippen LogP contribution in [0, 0.1) is 0 Å². The molecule has 1 aliphatic rings. The molecular formula is C16H16BrN3O2. The number of nitrogens with zero attached hydrogens (tertiary/aromatic N) is 2. The molecule has 0 saturated carbocycles. The van der Waals surface area contributed by atoms with Crippen molar-refractivity contribution in [2.24, 2.45) is 0 Å². The number of carbonyl (C=O) groups is 2. The Kier molecular flexibility index (Phi) is 4.29. The van der Waals surface area contributed by atoms with Crippen LogP contribution in [0.4, 0.5) is 0 Å². The average Bonchev–Trinajstić information content (AvgIpc) is 3.08. The summed E-state index contributed by atoms with van der Waals surface area (Å²) in [6.07, 6.45) is 1.74. The van der Waals surface area contributed by atoms with Gasteiger partial charge in [-0.15, -0.1) is 0 Å². The second kappa shape index (κ2) is 6.36. The summed E-state index contributed by atoms with van der Waals surface area (Å²) in [5.74, 6) is -0.00664. The van der Waals surface area contributed by atoms with Gasteiger partial charge in [0.2, 0.25) is 0 Å². The maximum Gasteiger partial charge on any atom is 0.270 e. The Morgan fingerprint density at radius 2 is 1.64 bits per heavy atom. The minimum Gasteiger partial charge on any atom is -0.357 e. The number of halogens is 1. The summed E-state index contributed by atoms with van der Waals surface area (Å²) >= 11 is 3.38. The SMILES string of the molecule is O=C(c1cccc(Br)c1)N1CCN(C(=O)c2ccc[nH]2)CC1. The number of rotatable bonds is 2. The molecule has 22 heavy (non-hydrogen) atoms. The van der Waals surface area contributed by atoms with Gasteiger partial charge in [-0.05, 0) is 30.3 Å². The Labute approximate surface area is 137 Å². The fourth-order valence-corrected chi connectivity index (χ4v) is 2.95. The molecule has 0 aliphatic carbocycles. The summed E-state index contributed by atoms with van der Waals surface area (Å²) < 4.78 is 0.888. The van der Waals surface area contributed by atoms with E-state index in [-0.39, 0.29) is 11.8 Å². The number of aromatic nitrogens is 1. The molecule has 2 heterocycles. The molecule has 6 heteroatoms. The number of piperazine rings is 1. The summed E-state index contributed by atoms with van der Waals surface area (Å²) in [7, 11) is 0. The molecule has 1 aromatic carbocycles. The summed E-state index contributed by atoms with van der Waals surface area (Å²) in [6, 6.07) is 10.9. The molecule has 2 amide bonds. The molecule has 1 aliphatic heterocycles. The van der Waals surface area contributed by atoms with Crippen molar-refractivity contribution >= 4 is 27.7 Å². The third-order valence-electron chi connectivity index (χ3n) is 3.75. The van der Waals surface area contributed by atoms with Crippen LogP contribution in [0.1, 0.15) is 20.8 Å². The number of nitrogens with one attached hydrogen (secondary N) is 1. The van der Waals surface area contributed by atoms with Gasteiger partial charge in [0.15, 0.2) is 0 Å². The normalized spacial score (nSPS) is 15.0. The van der Waals surface area contributed by atoms with E-state index in [2.05, 4.69) is 20.9 Å². The molecule has 0 atom stereocenters. The van der Waals surface area contributed by atoms with Gasteiger partial charge in [0.05, 0.1) is 0 Å². The predicted molar refractivity (Wildman–Crippen MR) is 86.7 cm³/mol. The van der Waals surface area contributed by atoms with Crippen molar-refractivity contribution in [3.05, 3.63) is 58.3 Å². The van der Waals surface area contributed by atoms with Crippen LogP contribution in [0.25, 0.3) is 0 Å². The Morgan fingerprint density at radius 3 is 2.23 bits per heavy atom. The van der Waals surface area contributed by atoms with E-state index in [0.29, 0.717) is 37.4 Å². The standard InChI is InChI=1S/C16H16BrN3O2/c17-13-4-1-3-12(11-13)15(21)19-7-9-20(10-8-19)16(22)14-5-2-6-18-14/h1-6,11,18H,7-10H2. The third kappa shape index (κ3) is 3.06. The van der Waals surface area contributed by atoms with E-state index in [0.717, 1.165) is 4.47 Å². The van der Waals surface area contributed by atoms with Crippen LogP contribution < -0.4 is 0 Å². The molecule has 0 radical (unpaired) electrons. The second-order valence-corrected chi connectivity index (χ2v) is 6.09. The highest BCUT2D eigenvalue weighted by Crippen LogP contribution is 2.15. The van der Waals surface area contributed by atoms with Gasteiger partial charge in [-0.1, -0.05) is 22.0 Å². The van der Waals surface area contributed by atoms with Gasteiger partial charge in [0, 0.05) is 42.4 Å². The van der Waals surface area contributed by atoms with E-state index in [4.69, 9.17) is 0 Å². The highest BCUT2D eigenvalue weighted by molar-refractivity contribution is 9.10. The van der Waals surface area contributed by atoms with Crippen LogP contribution in [0.3, 0.4) is 0 Å². The van der Waals surface area contributed by atoms with E-state index in [9.17, 15) is 9.59 Å². The number of hydrogen-bond donors (Lipinski definition) is 1. The lowest BCUT2D eigenvalue weighted by molar-refractivity contribution is 0.0532. The van der Waals surface area contributed by atoms with Gasteiger partial charge in [-0.25, -0.2) is 0 Å². The van der Waals surface area contributed by atoms with Gasteiger partial charge in [-0.3, -0.25) is 9.59 Å². The molecular weight excluding hydrogens is 346 g/mol. The Hall–Kier alpha value is -2.08. The lowest BCUT2D eigenvalue weighted by atomic mass is 10.2. The number of carbonyl (C=O) groups excluding carboxylic acids is 2. The van der Waals surface area contributed by atoms with E-state index < -0.39 is 0 Å². The molecule has 0 bridgehead atoms. The average molecular weight is 362 g/mol. The first-order valence-electron chi connectivity index (χ1n) is 7.12. The van der Waals surface area contributed by atoms with Gasteiger partial charge < -0.3 is 14.8 Å². The number of amides is 2. The van der Waals surface area contributed by atoms with Crippen molar-refractivity contribution in [2.75, 3.05) is 26.2 Å². The third-order valence-corrected chi connectivity index (χ3v) is 4.25. The smallest absolute Gasteiger partial charge is 0.270 e. The first kappa shape index (κ1) is 14.8. The molecule has 0 spiro atoms. The minimum atomic E-state index is -0.0143. The van der Waals surface area contributed by atoms with Gasteiger partial charge >= 0.3 is 0 Å². The van der Waals surface area contributed by atoms with Gasteiger partial charge in [0.1, 0.15) is 5.69 Å². The number of aromatic amines is 1. The summed E-state index contributed by atoms with van der Waals surface area (Å²) in [5, 5.41) is 0. The summed E-state index contributed by atoms with van der Waals surface area (Å²) in [4.78, 5) is 31.2. The van der Waals surface area contributed by atoms with Crippen LogP contribution in [-0.2, 0) is 0 Å². The molecule has 1 fully saturated rings. The molecule has 114 valence electrons. The number of hydrogen-bond acceptors (Lipinski definition) is 2. The molecule has 1 saturated heterocycles. The van der Waals surface area contributed by atoms with Crippen molar-refractivity contribution in [1.82, 2.24) is 14.8 Å². The van der Waals surface area contributed by atoms with Gasteiger partial charge in [-0.2, -0.15) is 0 Å². The highest BCUT2D eigenvalue weighted by Gasteiger charge is 2.25. The molecule has 5 nitrogen and oxygen atoms in total. The van der Waals surface area contributed by atoms with E-state index in [1.54, 1.807) is 28.1 Å². The quantitative estimate of drug-likeness (QED) is 0.892. The van der Waals surface area contributed by atoms with Crippen LogP contribution in [-0.4, -0.2) is 52.8 Å². The minimum absolute atomic E-state index is 0.00766. The maximum atomic E-state index is 12.5. The van der Waals surface area contributed by atoms with Crippen molar-refractivity contribution in [3.63, 3.8) is 0 Å². The van der Waals surface area contributed by atoms with E-state index in [1.165, 1.54) is 0 Å². The Morgan fingerprint density at radius 1 is 0.955 bits per heavy atom. The predicted octanol–water partition coefficient (Wildman–Crippen LogP) is 2.38. The molecule has 1 N–H and O–H groups in total. The first-order valence-corrected chi connectivity index (χ1v) is 7.92. The Bertz CT molecular complexity index is 676.